The zero-order valence-electron chi connectivity index (χ0n) is 9.91. The fourth-order valence-corrected chi connectivity index (χ4v) is 2.34. The minimum absolute atomic E-state index is 0.106. The standard InChI is InChI=1S/C15H13FO2/c16-12-8-4-7-11-9-13(18-15(11)12)14(17)10-5-2-1-3-6-10/h4-5,7-9H,1-3,6H2. The molecular weight excluding hydrogens is 231 g/mol. The molecule has 92 valence electrons. The van der Waals surface area contributed by atoms with Gasteiger partial charge < -0.3 is 4.42 Å². The molecule has 0 unspecified atom stereocenters. The molecule has 0 spiro atoms. The number of halogens is 1. The molecule has 0 aliphatic heterocycles. The van der Waals surface area contributed by atoms with Gasteiger partial charge in [-0.15, -0.1) is 0 Å². The maximum atomic E-state index is 13.5. The Bertz CT molecular complexity index is 637. The molecule has 2 aromatic rings. The number of hydrogen-bond acceptors (Lipinski definition) is 2. The van der Waals surface area contributed by atoms with Crippen LogP contribution in [0.3, 0.4) is 0 Å². The molecule has 1 aliphatic carbocycles. The molecular formula is C15H13FO2. The lowest BCUT2D eigenvalue weighted by molar-refractivity contribution is 0.100. The second kappa shape index (κ2) is 4.41. The van der Waals surface area contributed by atoms with Gasteiger partial charge in [-0.1, -0.05) is 18.2 Å². The molecule has 3 rings (SSSR count). The monoisotopic (exact) mass is 244 g/mol. The Labute approximate surface area is 104 Å². The quantitative estimate of drug-likeness (QED) is 0.739. The van der Waals surface area contributed by atoms with Gasteiger partial charge >= 0.3 is 0 Å². The van der Waals surface area contributed by atoms with Crippen molar-refractivity contribution in [2.45, 2.75) is 25.7 Å². The van der Waals surface area contributed by atoms with Crippen molar-refractivity contribution in [3.63, 3.8) is 0 Å². The average Bonchev–Trinajstić information content (AvgIpc) is 2.84. The molecule has 1 heterocycles. The smallest absolute Gasteiger partial charge is 0.223 e. The average molecular weight is 244 g/mol. The highest BCUT2D eigenvalue weighted by molar-refractivity contribution is 6.08. The summed E-state index contributed by atoms with van der Waals surface area (Å²) in [5, 5.41) is 0.634. The molecule has 0 bridgehead atoms. The van der Waals surface area contributed by atoms with Crippen molar-refractivity contribution in [3.8, 4) is 0 Å². The normalized spacial score (nSPS) is 15.7. The highest BCUT2D eigenvalue weighted by Gasteiger charge is 2.19. The largest absolute Gasteiger partial charge is 0.449 e. The summed E-state index contributed by atoms with van der Waals surface area (Å²) in [7, 11) is 0. The summed E-state index contributed by atoms with van der Waals surface area (Å²) in [4.78, 5) is 12.2. The van der Waals surface area contributed by atoms with Crippen molar-refractivity contribution in [1.29, 1.82) is 0 Å². The van der Waals surface area contributed by atoms with Crippen LogP contribution in [0.2, 0.25) is 0 Å². The molecule has 0 amide bonds. The summed E-state index contributed by atoms with van der Waals surface area (Å²) >= 11 is 0. The topological polar surface area (TPSA) is 30.2 Å². The van der Waals surface area contributed by atoms with Gasteiger partial charge in [0.25, 0.3) is 0 Å². The Kier molecular flexibility index (Phi) is 2.74. The number of benzene rings is 1. The van der Waals surface area contributed by atoms with E-state index in [1.165, 1.54) is 6.07 Å². The summed E-state index contributed by atoms with van der Waals surface area (Å²) in [6, 6.07) is 6.31. The van der Waals surface area contributed by atoms with Gasteiger partial charge in [-0.25, -0.2) is 4.39 Å². The lowest BCUT2D eigenvalue weighted by Crippen LogP contribution is -2.05. The molecule has 1 aromatic carbocycles. The van der Waals surface area contributed by atoms with E-state index in [1.807, 2.05) is 6.08 Å². The predicted molar refractivity (Wildman–Crippen MR) is 67.1 cm³/mol. The highest BCUT2D eigenvalue weighted by atomic mass is 19.1. The van der Waals surface area contributed by atoms with E-state index in [4.69, 9.17) is 4.42 Å². The summed E-state index contributed by atoms with van der Waals surface area (Å²) < 4.78 is 18.8. The Hall–Kier alpha value is -1.90. The van der Waals surface area contributed by atoms with E-state index in [2.05, 4.69) is 0 Å². The van der Waals surface area contributed by atoms with Crippen molar-refractivity contribution >= 4 is 16.8 Å². The predicted octanol–water partition coefficient (Wildman–Crippen LogP) is 4.26. The van der Waals surface area contributed by atoms with E-state index < -0.39 is 5.82 Å². The van der Waals surface area contributed by atoms with Crippen LogP contribution < -0.4 is 0 Å². The van der Waals surface area contributed by atoms with Crippen LogP contribution in [0, 0.1) is 5.82 Å². The van der Waals surface area contributed by atoms with Crippen LogP contribution >= 0.6 is 0 Å². The second-order valence-corrected chi connectivity index (χ2v) is 4.57. The van der Waals surface area contributed by atoms with Gasteiger partial charge in [-0.2, -0.15) is 0 Å². The molecule has 3 heteroatoms. The van der Waals surface area contributed by atoms with E-state index >= 15 is 0 Å². The van der Waals surface area contributed by atoms with Crippen molar-refractivity contribution in [1.82, 2.24) is 0 Å². The SMILES string of the molecule is O=C(C1=CCCCC1)c1cc2cccc(F)c2o1. The van der Waals surface area contributed by atoms with Gasteiger partial charge in [0.1, 0.15) is 0 Å². The first-order valence-electron chi connectivity index (χ1n) is 6.17. The lowest BCUT2D eigenvalue weighted by Gasteiger charge is -2.09. The summed E-state index contributed by atoms with van der Waals surface area (Å²) in [6.45, 7) is 0. The van der Waals surface area contributed by atoms with Crippen LogP contribution in [-0.2, 0) is 0 Å². The molecule has 0 fully saturated rings. The van der Waals surface area contributed by atoms with E-state index in [-0.39, 0.29) is 17.1 Å². The van der Waals surface area contributed by atoms with Crippen LogP contribution in [0.1, 0.15) is 36.2 Å². The van der Waals surface area contributed by atoms with Crippen LogP contribution in [-0.4, -0.2) is 5.78 Å². The number of hydrogen-bond donors (Lipinski definition) is 0. The Balaban J connectivity index is 2.01. The van der Waals surface area contributed by atoms with Crippen LogP contribution in [0.25, 0.3) is 11.0 Å². The summed E-state index contributed by atoms with van der Waals surface area (Å²) in [5.74, 6) is -0.294. The zero-order valence-corrected chi connectivity index (χ0v) is 9.91. The number of carbonyl (C=O) groups excluding carboxylic acids is 1. The van der Waals surface area contributed by atoms with E-state index in [0.717, 1.165) is 31.3 Å². The summed E-state index contributed by atoms with van der Waals surface area (Å²) in [5.41, 5.74) is 0.956. The number of allylic oxidation sites excluding steroid dienone is 2. The zero-order chi connectivity index (χ0) is 12.5. The van der Waals surface area contributed by atoms with Gasteiger partial charge in [0.15, 0.2) is 17.2 Å². The van der Waals surface area contributed by atoms with Crippen molar-refractivity contribution < 1.29 is 13.6 Å². The number of para-hydroxylation sites is 1. The maximum absolute atomic E-state index is 13.5. The molecule has 2 nitrogen and oxygen atoms in total. The minimum Gasteiger partial charge on any atom is -0.449 e. The molecule has 0 saturated carbocycles. The van der Waals surface area contributed by atoms with E-state index in [0.29, 0.717) is 5.39 Å². The number of rotatable bonds is 2. The van der Waals surface area contributed by atoms with Crippen LogP contribution in [0.5, 0.6) is 0 Å². The lowest BCUT2D eigenvalue weighted by atomic mass is 9.95. The van der Waals surface area contributed by atoms with E-state index in [9.17, 15) is 9.18 Å². The number of Topliss-reactive ketones (excluding diaryl/α,β-unsaturated/α-hetero) is 1. The summed E-state index contributed by atoms with van der Waals surface area (Å²) in [6.07, 6.45) is 5.86. The number of ketones is 1. The van der Waals surface area contributed by atoms with Crippen LogP contribution in [0.15, 0.2) is 40.3 Å². The van der Waals surface area contributed by atoms with Crippen molar-refractivity contribution in [2.75, 3.05) is 0 Å². The number of carbonyl (C=O) groups is 1. The minimum atomic E-state index is -0.427. The van der Waals surface area contributed by atoms with Gasteiger partial charge in [-0.3, -0.25) is 4.79 Å². The highest BCUT2D eigenvalue weighted by Crippen LogP contribution is 2.26. The number of furan rings is 1. The van der Waals surface area contributed by atoms with Gasteiger partial charge in [0.05, 0.1) is 0 Å². The van der Waals surface area contributed by atoms with Crippen molar-refractivity contribution in [3.05, 3.63) is 47.5 Å². The van der Waals surface area contributed by atoms with Crippen LogP contribution in [0.4, 0.5) is 4.39 Å². The second-order valence-electron chi connectivity index (χ2n) is 4.57. The first-order chi connectivity index (χ1) is 8.75. The van der Waals surface area contributed by atoms with Gasteiger partial charge in [-0.05, 0) is 43.4 Å². The van der Waals surface area contributed by atoms with Gasteiger partial charge in [0.2, 0.25) is 5.78 Å². The molecule has 0 radical (unpaired) electrons. The van der Waals surface area contributed by atoms with Gasteiger partial charge in [0, 0.05) is 5.39 Å². The fraction of sp³-hybridized carbons (Fsp3) is 0.267. The van der Waals surface area contributed by atoms with Crippen molar-refractivity contribution in [2.24, 2.45) is 0 Å². The Morgan fingerprint density at radius 2 is 2.17 bits per heavy atom. The van der Waals surface area contributed by atoms with E-state index in [1.54, 1.807) is 18.2 Å². The first-order valence-corrected chi connectivity index (χ1v) is 6.17. The molecule has 1 aliphatic rings. The molecule has 0 N–H and O–H groups in total. The Morgan fingerprint density at radius 3 is 2.89 bits per heavy atom. The number of fused-ring (bicyclic) bond motifs is 1. The fourth-order valence-electron chi connectivity index (χ4n) is 2.34. The third-order valence-corrected chi connectivity index (χ3v) is 3.30. The first kappa shape index (κ1) is 11.2. The third kappa shape index (κ3) is 1.86. The molecule has 1 aromatic heterocycles. The maximum Gasteiger partial charge on any atom is 0.223 e. The third-order valence-electron chi connectivity index (χ3n) is 3.30. The molecule has 0 saturated heterocycles. The molecule has 0 atom stereocenters. The Morgan fingerprint density at radius 1 is 1.28 bits per heavy atom. The molecule has 18 heavy (non-hydrogen) atoms.